The van der Waals surface area contributed by atoms with Gasteiger partial charge in [-0.2, -0.15) is 0 Å². The molecule has 0 aliphatic carbocycles. The van der Waals surface area contributed by atoms with E-state index in [1.54, 1.807) is 18.1 Å². The average molecular weight is 325 g/mol. The number of rotatable bonds is 5. The zero-order valence-corrected chi connectivity index (χ0v) is 14.2. The lowest BCUT2D eigenvalue weighted by Crippen LogP contribution is -2.21. The molecule has 1 heterocycles. The summed E-state index contributed by atoms with van der Waals surface area (Å²) in [6.45, 7) is 2.35. The second-order valence-electron chi connectivity index (χ2n) is 5.84. The van der Waals surface area contributed by atoms with E-state index in [1.165, 1.54) is 42.1 Å². The first-order valence-corrected chi connectivity index (χ1v) is 10.8. The van der Waals surface area contributed by atoms with Gasteiger partial charge in [-0.15, -0.1) is 0 Å². The van der Waals surface area contributed by atoms with Crippen LogP contribution in [0.25, 0.3) is 0 Å². The van der Waals surface area contributed by atoms with Crippen LogP contribution >= 0.6 is 15.9 Å². The van der Waals surface area contributed by atoms with Gasteiger partial charge < -0.3 is 0 Å². The molecule has 0 N–H and O–H groups in total. The molecule has 0 bridgehead atoms. The molecule has 0 aromatic heterocycles. The SMILES string of the molecule is CCC[SiH]1CCC(CCc2ccc(Br)cc2)CC1. The summed E-state index contributed by atoms with van der Waals surface area (Å²) in [6.07, 6.45) is 7.19. The fraction of sp³-hybridized carbons (Fsp3) is 0.625. The first-order valence-electron chi connectivity index (χ1n) is 7.52. The highest BCUT2D eigenvalue weighted by atomic mass is 79.9. The first kappa shape index (κ1) is 14.3. The van der Waals surface area contributed by atoms with Crippen molar-refractivity contribution >= 4 is 24.7 Å². The van der Waals surface area contributed by atoms with Crippen LogP contribution in [0.3, 0.4) is 0 Å². The molecule has 0 amide bonds. The summed E-state index contributed by atoms with van der Waals surface area (Å²) in [5.74, 6) is 1.02. The van der Waals surface area contributed by atoms with Gasteiger partial charge in [-0.25, -0.2) is 0 Å². The molecule has 100 valence electrons. The van der Waals surface area contributed by atoms with E-state index in [0.717, 1.165) is 5.92 Å². The second-order valence-corrected chi connectivity index (χ2v) is 10.2. The van der Waals surface area contributed by atoms with Gasteiger partial charge in [0, 0.05) is 13.3 Å². The van der Waals surface area contributed by atoms with Crippen LogP contribution in [0.15, 0.2) is 28.7 Å². The molecule has 2 heteroatoms. The molecule has 1 aliphatic heterocycles. The highest BCUT2D eigenvalue weighted by Crippen LogP contribution is 2.30. The Morgan fingerprint density at radius 1 is 1.17 bits per heavy atom. The molecule has 1 aromatic carbocycles. The van der Waals surface area contributed by atoms with E-state index in [-0.39, 0.29) is 8.80 Å². The van der Waals surface area contributed by atoms with Gasteiger partial charge >= 0.3 is 0 Å². The molecule has 1 aromatic rings. The third kappa shape index (κ3) is 4.54. The summed E-state index contributed by atoms with van der Waals surface area (Å²) in [5.41, 5.74) is 1.51. The number of aryl methyl sites for hydroxylation is 1. The monoisotopic (exact) mass is 324 g/mol. The van der Waals surface area contributed by atoms with Crippen molar-refractivity contribution in [1.82, 2.24) is 0 Å². The quantitative estimate of drug-likeness (QED) is 0.633. The summed E-state index contributed by atoms with van der Waals surface area (Å²) in [7, 11) is -0.276. The predicted octanol–water partition coefficient (Wildman–Crippen LogP) is 5.43. The number of halogens is 1. The summed E-state index contributed by atoms with van der Waals surface area (Å²) in [6, 6.07) is 13.7. The van der Waals surface area contributed by atoms with Crippen molar-refractivity contribution < 1.29 is 0 Å². The summed E-state index contributed by atoms with van der Waals surface area (Å²) in [5, 5.41) is 0. The molecule has 1 saturated heterocycles. The standard InChI is InChI=1S/C16H25BrSi/c1-2-11-18-12-9-15(10-13-18)4-3-14-5-7-16(17)8-6-14/h5-8,15,18H,2-4,9-13H2,1H3. The van der Waals surface area contributed by atoms with E-state index in [2.05, 4.69) is 47.1 Å². The van der Waals surface area contributed by atoms with Crippen molar-refractivity contribution in [2.24, 2.45) is 5.92 Å². The van der Waals surface area contributed by atoms with Crippen molar-refractivity contribution in [3.63, 3.8) is 0 Å². The lowest BCUT2D eigenvalue weighted by molar-refractivity contribution is 0.437. The van der Waals surface area contributed by atoms with Gasteiger partial charge in [0.05, 0.1) is 0 Å². The van der Waals surface area contributed by atoms with Gasteiger partial charge in [-0.1, -0.05) is 72.4 Å². The van der Waals surface area contributed by atoms with Crippen molar-refractivity contribution in [2.45, 2.75) is 57.2 Å². The van der Waals surface area contributed by atoms with E-state index < -0.39 is 0 Å². The lowest BCUT2D eigenvalue weighted by atomic mass is 9.94. The van der Waals surface area contributed by atoms with E-state index >= 15 is 0 Å². The highest BCUT2D eigenvalue weighted by Gasteiger charge is 2.21. The number of benzene rings is 1. The largest absolute Gasteiger partial charge is 0.0657 e. The Labute approximate surface area is 122 Å². The van der Waals surface area contributed by atoms with Gasteiger partial charge in [-0.05, 0) is 36.5 Å². The zero-order valence-electron chi connectivity index (χ0n) is 11.5. The Balaban J connectivity index is 1.70. The van der Waals surface area contributed by atoms with Crippen molar-refractivity contribution in [1.29, 1.82) is 0 Å². The van der Waals surface area contributed by atoms with Gasteiger partial charge in [0.25, 0.3) is 0 Å². The molecule has 0 atom stereocenters. The van der Waals surface area contributed by atoms with E-state index in [4.69, 9.17) is 0 Å². The average Bonchev–Trinajstić information content (AvgIpc) is 2.40. The Morgan fingerprint density at radius 3 is 2.44 bits per heavy atom. The third-order valence-electron chi connectivity index (χ3n) is 4.42. The van der Waals surface area contributed by atoms with Crippen molar-refractivity contribution in [3.8, 4) is 0 Å². The molecule has 0 radical (unpaired) electrons. The van der Waals surface area contributed by atoms with Crippen LogP contribution in [0, 0.1) is 5.92 Å². The second kappa shape index (κ2) is 7.49. The fourth-order valence-corrected chi connectivity index (χ4v) is 7.07. The molecule has 18 heavy (non-hydrogen) atoms. The van der Waals surface area contributed by atoms with Crippen LogP contribution in [-0.4, -0.2) is 8.80 Å². The van der Waals surface area contributed by atoms with Gasteiger partial charge in [0.1, 0.15) is 0 Å². The first-order chi connectivity index (χ1) is 8.78. The zero-order chi connectivity index (χ0) is 12.8. The van der Waals surface area contributed by atoms with Crippen LogP contribution in [0.5, 0.6) is 0 Å². The Bertz CT molecular complexity index is 339. The van der Waals surface area contributed by atoms with Crippen LogP contribution in [0.2, 0.25) is 18.1 Å². The van der Waals surface area contributed by atoms with E-state index in [0.29, 0.717) is 0 Å². The number of hydrogen-bond acceptors (Lipinski definition) is 0. The normalized spacial score (nSPS) is 24.1. The molecule has 1 fully saturated rings. The maximum atomic E-state index is 3.50. The highest BCUT2D eigenvalue weighted by molar-refractivity contribution is 9.10. The summed E-state index contributed by atoms with van der Waals surface area (Å²) < 4.78 is 1.19. The topological polar surface area (TPSA) is 0 Å². The maximum absolute atomic E-state index is 3.50. The minimum atomic E-state index is -0.276. The fourth-order valence-electron chi connectivity index (χ4n) is 3.24. The van der Waals surface area contributed by atoms with Crippen LogP contribution in [0.4, 0.5) is 0 Å². The maximum Gasteiger partial charge on any atom is 0.0367 e. The molecule has 0 saturated carbocycles. The van der Waals surface area contributed by atoms with Gasteiger partial charge in [-0.3, -0.25) is 0 Å². The molecule has 0 unspecified atom stereocenters. The minimum absolute atomic E-state index is 0.276. The van der Waals surface area contributed by atoms with Gasteiger partial charge in [0.15, 0.2) is 0 Å². The van der Waals surface area contributed by atoms with E-state index in [1.807, 2.05) is 0 Å². The smallest absolute Gasteiger partial charge is 0.0367 e. The minimum Gasteiger partial charge on any atom is -0.0657 e. The van der Waals surface area contributed by atoms with Crippen molar-refractivity contribution in [2.75, 3.05) is 0 Å². The predicted molar refractivity (Wildman–Crippen MR) is 87.0 cm³/mol. The number of hydrogen-bond donors (Lipinski definition) is 0. The van der Waals surface area contributed by atoms with Crippen LogP contribution in [-0.2, 0) is 6.42 Å². The third-order valence-corrected chi connectivity index (χ3v) is 8.64. The summed E-state index contributed by atoms with van der Waals surface area (Å²) >= 11 is 3.50. The summed E-state index contributed by atoms with van der Waals surface area (Å²) in [4.78, 5) is 0. The lowest BCUT2D eigenvalue weighted by Gasteiger charge is -2.27. The molecule has 0 spiro atoms. The van der Waals surface area contributed by atoms with Gasteiger partial charge in [0.2, 0.25) is 0 Å². The van der Waals surface area contributed by atoms with Crippen molar-refractivity contribution in [3.05, 3.63) is 34.3 Å². The Kier molecular flexibility index (Phi) is 5.96. The molecule has 2 rings (SSSR count). The Morgan fingerprint density at radius 2 is 1.83 bits per heavy atom. The van der Waals surface area contributed by atoms with Crippen LogP contribution in [0.1, 0.15) is 38.2 Å². The Hall–Kier alpha value is -0.0831. The van der Waals surface area contributed by atoms with Crippen LogP contribution < -0.4 is 0 Å². The molecule has 0 nitrogen and oxygen atoms in total. The molecule has 1 aliphatic rings. The van der Waals surface area contributed by atoms with E-state index in [9.17, 15) is 0 Å². The molecular weight excluding hydrogens is 300 g/mol. The molecular formula is C16H25BrSi.